The van der Waals surface area contributed by atoms with Crippen molar-refractivity contribution in [2.45, 2.75) is 0 Å². The smallest absolute Gasteiger partial charge is 0.334 e. The minimum Gasteiger partial charge on any atom is -0.508 e. The van der Waals surface area contributed by atoms with Gasteiger partial charge in [-0.1, -0.05) is 12.1 Å². The highest BCUT2D eigenvalue weighted by Gasteiger charge is 2.32. The number of quaternary nitrogens is 1. The van der Waals surface area contributed by atoms with Gasteiger partial charge in [-0.05, 0) is 12.1 Å². The largest absolute Gasteiger partial charge is 0.508 e. The molecule has 2 N–H and O–H groups in total. The number of likely N-dealkylation sites (N-methyl/N-ethyl adjacent to an activating group) is 1. The minimum absolute atomic E-state index is 0.208. The van der Waals surface area contributed by atoms with Crippen molar-refractivity contribution >= 4 is 11.9 Å². The van der Waals surface area contributed by atoms with E-state index in [1.165, 1.54) is 0 Å². The molecule has 0 saturated carbocycles. The molecule has 1 aromatic heterocycles. The molecule has 0 aliphatic carbocycles. The SMILES string of the molecule is C[N+]1(c2nc(-c3cccc(O)c3)nc(N3CCOCC3)n2)CCNCC1. The molecule has 0 atom stereocenters. The van der Waals surface area contributed by atoms with E-state index in [-0.39, 0.29) is 5.75 Å². The van der Waals surface area contributed by atoms with Crippen molar-refractivity contribution in [1.82, 2.24) is 24.8 Å². The van der Waals surface area contributed by atoms with Crippen molar-refractivity contribution in [1.29, 1.82) is 0 Å². The average Bonchev–Trinajstić information content (AvgIpc) is 2.69. The summed E-state index contributed by atoms with van der Waals surface area (Å²) >= 11 is 0. The molecule has 2 aliphatic heterocycles. The Morgan fingerprint density at radius 2 is 1.88 bits per heavy atom. The van der Waals surface area contributed by atoms with Gasteiger partial charge in [-0.2, -0.15) is 9.97 Å². The van der Waals surface area contributed by atoms with E-state index in [4.69, 9.17) is 19.7 Å². The number of aromatic nitrogens is 3. The molecule has 2 saturated heterocycles. The summed E-state index contributed by atoms with van der Waals surface area (Å²) < 4.78 is 6.14. The molecule has 138 valence electrons. The lowest BCUT2D eigenvalue weighted by molar-refractivity contribution is 0.122. The van der Waals surface area contributed by atoms with Crippen molar-refractivity contribution in [3.05, 3.63) is 24.3 Å². The van der Waals surface area contributed by atoms with Crippen LogP contribution >= 0.6 is 0 Å². The number of anilines is 1. The van der Waals surface area contributed by atoms with Gasteiger partial charge in [0.05, 0.1) is 33.4 Å². The van der Waals surface area contributed by atoms with Gasteiger partial charge in [0.15, 0.2) is 5.82 Å². The van der Waals surface area contributed by atoms with Crippen LogP contribution in [0.15, 0.2) is 24.3 Å². The van der Waals surface area contributed by atoms with E-state index >= 15 is 0 Å². The number of nitrogens with zero attached hydrogens (tertiary/aromatic N) is 5. The molecule has 26 heavy (non-hydrogen) atoms. The summed E-state index contributed by atoms with van der Waals surface area (Å²) in [5, 5.41) is 13.2. The fourth-order valence-electron chi connectivity index (χ4n) is 3.36. The summed E-state index contributed by atoms with van der Waals surface area (Å²) in [6.45, 7) is 6.66. The number of phenols is 1. The summed E-state index contributed by atoms with van der Waals surface area (Å²) in [5.41, 5.74) is 0.796. The van der Waals surface area contributed by atoms with Crippen molar-refractivity contribution in [3.63, 3.8) is 0 Å². The van der Waals surface area contributed by atoms with Crippen molar-refractivity contribution in [2.24, 2.45) is 0 Å². The zero-order valence-electron chi connectivity index (χ0n) is 15.1. The predicted molar refractivity (Wildman–Crippen MR) is 100 cm³/mol. The lowest BCUT2D eigenvalue weighted by atomic mass is 10.2. The van der Waals surface area contributed by atoms with Crippen LogP contribution in [-0.2, 0) is 4.74 Å². The average molecular weight is 357 g/mol. The number of phenolic OH excluding ortho intramolecular Hbond substituents is 1. The first-order valence-corrected chi connectivity index (χ1v) is 9.08. The zero-order valence-corrected chi connectivity index (χ0v) is 15.1. The van der Waals surface area contributed by atoms with Crippen LogP contribution in [-0.4, -0.2) is 79.6 Å². The number of hydrogen-bond donors (Lipinski definition) is 2. The van der Waals surface area contributed by atoms with E-state index in [9.17, 15) is 5.11 Å². The van der Waals surface area contributed by atoms with Crippen LogP contribution < -0.4 is 14.7 Å². The number of nitrogens with one attached hydrogen (secondary N) is 1. The minimum atomic E-state index is 0.208. The van der Waals surface area contributed by atoms with Gasteiger partial charge < -0.3 is 20.1 Å². The molecule has 0 bridgehead atoms. The Morgan fingerprint density at radius 3 is 2.62 bits per heavy atom. The number of ether oxygens (including phenoxy) is 1. The van der Waals surface area contributed by atoms with Crippen molar-refractivity contribution < 1.29 is 9.84 Å². The van der Waals surface area contributed by atoms with Gasteiger partial charge in [0.2, 0.25) is 5.95 Å². The first-order valence-electron chi connectivity index (χ1n) is 9.08. The summed E-state index contributed by atoms with van der Waals surface area (Å²) in [7, 11) is 2.17. The molecule has 4 rings (SSSR count). The number of morpholine rings is 1. The van der Waals surface area contributed by atoms with E-state index in [0.29, 0.717) is 29.5 Å². The first kappa shape index (κ1) is 17.1. The van der Waals surface area contributed by atoms with E-state index in [1.807, 2.05) is 12.1 Å². The Kier molecular flexibility index (Phi) is 4.71. The van der Waals surface area contributed by atoms with E-state index in [1.54, 1.807) is 12.1 Å². The van der Waals surface area contributed by atoms with Gasteiger partial charge in [0.1, 0.15) is 5.75 Å². The lowest BCUT2D eigenvalue weighted by Gasteiger charge is -2.36. The van der Waals surface area contributed by atoms with Crippen molar-refractivity contribution in [3.8, 4) is 17.1 Å². The molecule has 2 aliphatic rings. The standard InChI is InChI=1S/C18H24N6O2/c1-24(9-5-19-6-10-24)18-21-16(14-3-2-4-15(25)13-14)20-17(22-18)23-7-11-26-12-8-23/h2-4,13,19H,5-12H2,1H3/p+1. The Bertz CT molecular complexity index is 772. The number of benzene rings is 1. The van der Waals surface area contributed by atoms with Gasteiger partial charge in [-0.15, -0.1) is 4.98 Å². The second kappa shape index (κ2) is 7.14. The number of piperazine rings is 1. The number of rotatable bonds is 3. The van der Waals surface area contributed by atoms with Crippen LogP contribution in [0.2, 0.25) is 0 Å². The zero-order chi connectivity index (χ0) is 18.0. The lowest BCUT2D eigenvalue weighted by Crippen LogP contribution is -2.58. The molecular weight excluding hydrogens is 332 g/mol. The fourth-order valence-corrected chi connectivity index (χ4v) is 3.36. The maximum Gasteiger partial charge on any atom is 0.334 e. The van der Waals surface area contributed by atoms with Crippen LogP contribution in [0, 0.1) is 0 Å². The Hall–Kier alpha value is -2.29. The van der Waals surface area contributed by atoms with Gasteiger partial charge in [-0.3, -0.25) is 4.48 Å². The fraction of sp³-hybridized carbons (Fsp3) is 0.500. The van der Waals surface area contributed by atoms with Gasteiger partial charge in [-0.25, -0.2) is 0 Å². The Morgan fingerprint density at radius 1 is 1.12 bits per heavy atom. The normalized spacial score (nSPS) is 20.1. The maximum atomic E-state index is 9.85. The highest BCUT2D eigenvalue weighted by Crippen LogP contribution is 2.26. The van der Waals surface area contributed by atoms with Gasteiger partial charge in [0, 0.05) is 31.7 Å². The Balaban J connectivity index is 1.78. The monoisotopic (exact) mass is 357 g/mol. The van der Waals surface area contributed by atoms with Crippen molar-refractivity contribution in [2.75, 3.05) is 64.4 Å². The van der Waals surface area contributed by atoms with Crippen LogP contribution in [0.25, 0.3) is 11.4 Å². The predicted octanol–water partition coefficient (Wildman–Crippen LogP) is 0.621. The molecule has 0 spiro atoms. The van der Waals surface area contributed by atoms with Crippen LogP contribution in [0.3, 0.4) is 0 Å². The highest BCUT2D eigenvalue weighted by atomic mass is 16.5. The van der Waals surface area contributed by atoms with Gasteiger partial charge >= 0.3 is 5.95 Å². The second-order valence-corrected chi connectivity index (χ2v) is 7.00. The van der Waals surface area contributed by atoms with E-state index < -0.39 is 0 Å². The summed E-state index contributed by atoms with van der Waals surface area (Å²) in [4.78, 5) is 16.5. The van der Waals surface area contributed by atoms with Crippen LogP contribution in [0.4, 0.5) is 11.9 Å². The molecular formula is C18H25N6O2+. The first-order chi connectivity index (χ1) is 12.6. The molecule has 2 fully saturated rings. The quantitative estimate of drug-likeness (QED) is 0.779. The summed E-state index contributed by atoms with van der Waals surface area (Å²) in [6.07, 6.45) is 0. The van der Waals surface area contributed by atoms with Gasteiger partial charge in [0.25, 0.3) is 0 Å². The maximum absolute atomic E-state index is 9.85. The van der Waals surface area contributed by atoms with Crippen LogP contribution in [0.5, 0.6) is 5.75 Å². The third kappa shape index (κ3) is 3.48. The molecule has 0 unspecified atom stereocenters. The molecule has 2 aromatic rings. The Labute approximate surface area is 153 Å². The molecule has 1 aromatic carbocycles. The van der Waals surface area contributed by atoms with E-state index in [0.717, 1.165) is 50.8 Å². The molecule has 3 heterocycles. The molecule has 8 nitrogen and oxygen atoms in total. The highest BCUT2D eigenvalue weighted by molar-refractivity contribution is 5.60. The van der Waals surface area contributed by atoms with Crippen LogP contribution in [0.1, 0.15) is 0 Å². The number of hydrogen-bond acceptors (Lipinski definition) is 7. The third-order valence-electron chi connectivity index (χ3n) is 5.06. The second-order valence-electron chi connectivity index (χ2n) is 7.00. The summed E-state index contributed by atoms with van der Waals surface area (Å²) in [6, 6.07) is 7.07. The molecule has 0 amide bonds. The topological polar surface area (TPSA) is 83.4 Å². The third-order valence-corrected chi connectivity index (χ3v) is 5.06. The summed E-state index contributed by atoms with van der Waals surface area (Å²) in [5.74, 6) is 2.28. The molecule has 8 heteroatoms. The molecule has 0 radical (unpaired) electrons. The number of aromatic hydroxyl groups is 1. The van der Waals surface area contributed by atoms with E-state index in [2.05, 4.69) is 17.3 Å².